The average molecular weight is 297 g/mol. The molecule has 0 radical (unpaired) electrons. The molecule has 1 heterocycles. The fraction of sp³-hybridized carbons (Fsp3) is 0.500. The Kier molecular flexibility index (Phi) is 4.32. The fourth-order valence-corrected chi connectivity index (χ4v) is 2.32. The summed E-state index contributed by atoms with van der Waals surface area (Å²) in [5.41, 5.74) is 0. The summed E-state index contributed by atoms with van der Waals surface area (Å²) in [6.07, 6.45) is 0. The van der Waals surface area contributed by atoms with Crippen molar-refractivity contribution in [3.63, 3.8) is 0 Å². The predicted molar refractivity (Wildman–Crippen MR) is 60.1 cm³/mol. The summed E-state index contributed by atoms with van der Waals surface area (Å²) in [5, 5.41) is 2.84. The normalized spacial score (nSPS) is 14.1. The number of sulfonamides is 1. The van der Waals surface area contributed by atoms with Gasteiger partial charge in [-0.3, -0.25) is 0 Å². The summed E-state index contributed by atoms with van der Waals surface area (Å²) in [6.45, 7) is 2.19. The Hall–Kier alpha value is -0.370. The Morgan fingerprint density at radius 2 is 2.20 bits per heavy atom. The number of furan rings is 1. The summed E-state index contributed by atoms with van der Waals surface area (Å²) in [7, 11) is -1.76. The van der Waals surface area contributed by atoms with Crippen LogP contribution < -0.4 is 10.0 Å². The molecule has 0 aliphatic rings. The van der Waals surface area contributed by atoms with Gasteiger partial charge in [0.15, 0.2) is 4.67 Å². The van der Waals surface area contributed by atoms with E-state index >= 15 is 0 Å². The smallest absolute Gasteiger partial charge is 0.274 e. The number of hydrogen-bond acceptors (Lipinski definition) is 4. The van der Waals surface area contributed by atoms with Crippen molar-refractivity contribution in [1.82, 2.24) is 10.0 Å². The largest absolute Gasteiger partial charge is 0.437 e. The second kappa shape index (κ2) is 5.11. The molecule has 1 atom stereocenters. The maximum absolute atomic E-state index is 11.6. The number of likely N-dealkylation sites (N-methyl/N-ethyl adjacent to an activating group) is 1. The van der Waals surface area contributed by atoms with Gasteiger partial charge >= 0.3 is 0 Å². The SMILES string of the molecule is CNC(C)CNS(=O)(=O)c1ccc(Br)o1. The highest BCUT2D eigenvalue weighted by Gasteiger charge is 2.18. The van der Waals surface area contributed by atoms with Gasteiger partial charge in [-0.1, -0.05) is 0 Å². The maximum Gasteiger partial charge on any atom is 0.274 e. The van der Waals surface area contributed by atoms with Crippen molar-refractivity contribution in [3.8, 4) is 0 Å². The maximum atomic E-state index is 11.6. The molecule has 0 saturated carbocycles. The summed E-state index contributed by atoms with van der Waals surface area (Å²) in [6, 6.07) is 3.00. The third-order valence-corrected chi connectivity index (χ3v) is 3.61. The molecular weight excluding hydrogens is 284 g/mol. The Balaban J connectivity index is 2.68. The Labute approximate surface area is 97.4 Å². The first kappa shape index (κ1) is 12.7. The Bertz CT molecular complexity index is 415. The second-order valence-electron chi connectivity index (χ2n) is 3.10. The molecule has 2 N–H and O–H groups in total. The first-order chi connectivity index (χ1) is 6.95. The van der Waals surface area contributed by atoms with Gasteiger partial charge in [-0.25, -0.2) is 13.1 Å². The second-order valence-corrected chi connectivity index (χ2v) is 5.58. The van der Waals surface area contributed by atoms with Gasteiger partial charge in [0.2, 0.25) is 5.09 Å². The van der Waals surface area contributed by atoms with Gasteiger partial charge in [0, 0.05) is 12.6 Å². The van der Waals surface area contributed by atoms with E-state index in [4.69, 9.17) is 4.42 Å². The number of hydrogen-bond donors (Lipinski definition) is 2. The van der Waals surface area contributed by atoms with Crippen molar-refractivity contribution in [2.45, 2.75) is 18.1 Å². The van der Waals surface area contributed by atoms with E-state index in [1.165, 1.54) is 12.1 Å². The van der Waals surface area contributed by atoms with Gasteiger partial charge in [-0.2, -0.15) is 0 Å². The van der Waals surface area contributed by atoms with Crippen LogP contribution in [0.1, 0.15) is 6.92 Å². The number of nitrogens with one attached hydrogen (secondary N) is 2. The molecule has 0 saturated heterocycles. The molecule has 0 amide bonds. The lowest BCUT2D eigenvalue weighted by Crippen LogP contribution is -2.36. The van der Waals surface area contributed by atoms with Crippen LogP contribution in [0.25, 0.3) is 0 Å². The molecule has 0 fully saturated rings. The monoisotopic (exact) mass is 296 g/mol. The molecule has 0 bridgehead atoms. The topological polar surface area (TPSA) is 71.3 Å². The summed E-state index contributed by atoms with van der Waals surface area (Å²) >= 11 is 3.05. The van der Waals surface area contributed by atoms with E-state index in [1.54, 1.807) is 7.05 Å². The molecule has 0 aliphatic carbocycles. The van der Waals surface area contributed by atoms with Gasteiger partial charge < -0.3 is 9.73 Å². The van der Waals surface area contributed by atoms with Gasteiger partial charge in [-0.15, -0.1) is 0 Å². The van der Waals surface area contributed by atoms with Gasteiger partial charge in [0.1, 0.15) is 0 Å². The molecule has 1 aromatic rings. The van der Waals surface area contributed by atoms with Crippen LogP contribution in [-0.4, -0.2) is 28.1 Å². The van der Waals surface area contributed by atoms with Crippen LogP contribution in [0.2, 0.25) is 0 Å². The van der Waals surface area contributed by atoms with Gasteiger partial charge in [-0.05, 0) is 42.0 Å². The zero-order valence-electron chi connectivity index (χ0n) is 8.45. The molecule has 1 unspecified atom stereocenters. The quantitative estimate of drug-likeness (QED) is 0.848. The first-order valence-corrected chi connectivity index (χ1v) is 6.65. The molecule has 0 aromatic carbocycles. The molecule has 1 rings (SSSR count). The van der Waals surface area contributed by atoms with Crippen molar-refractivity contribution < 1.29 is 12.8 Å². The minimum absolute atomic E-state index is 0.0678. The van der Waals surface area contributed by atoms with E-state index in [0.29, 0.717) is 11.2 Å². The van der Waals surface area contributed by atoms with Crippen molar-refractivity contribution in [3.05, 3.63) is 16.8 Å². The Morgan fingerprint density at radius 1 is 1.53 bits per heavy atom. The summed E-state index contributed by atoms with van der Waals surface area (Å²) in [4.78, 5) is 0. The average Bonchev–Trinajstić information content (AvgIpc) is 2.62. The minimum atomic E-state index is -3.53. The van der Waals surface area contributed by atoms with E-state index in [2.05, 4.69) is 26.0 Å². The highest BCUT2D eigenvalue weighted by atomic mass is 79.9. The number of halogens is 1. The highest BCUT2D eigenvalue weighted by molar-refractivity contribution is 9.10. The minimum Gasteiger partial charge on any atom is -0.437 e. The molecule has 1 aromatic heterocycles. The first-order valence-electron chi connectivity index (χ1n) is 4.38. The van der Waals surface area contributed by atoms with Crippen LogP contribution in [0, 0.1) is 0 Å². The molecule has 0 spiro atoms. The van der Waals surface area contributed by atoms with Crippen molar-refractivity contribution >= 4 is 26.0 Å². The van der Waals surface area contributed by atoms with Gasteiger partial charge in [0.05, 0.1) is 0 Å². The van der Waals surface area contributed by atoms with E-state index < -0.39 is 10.0 Å². The Morgan fingerprint density at radius 3 is 2.67 bits per heavy atom. The summed E-state index contributed by atoms with van der Waals surface area (Å²) in [5.74, 6) is 0. The molecule has 7 heteroatoms. The van der Waals surface area contributed by atoms with Crippen LogP contribution in [0.4, 0.5) is 0 Å². The molecule has 5 nitrogen and oxygen atoms in total. The van der Waals surface area contributed by atoms with Crippen LogP contribution >= 0.6 is 15.9 Å². The van der Waals surface area contributed by atoms with E-state index in [0.717, 1.165) is 0 Å². The number of rotatable bonds is 5. The van der Waals surface area contributed by atoms with Crippen LogP contribution in [-0.2, 0) is 10.0 Å². The van der Waals surface area contributed by atoms with Crippen molar-refractivity contribution in [2.24, 2.45) is 0 Å². The van der Waals surface area contributed by atoms with E-state index in [-0.39, 0.29) is 11.1 Å². The molecular formula is C8H13BrN2O3S. The predicted octanol–water partition coefficient (Wildman–Crippen LogP) is 0.928. The third-order valence-electron chi connectivity index (χ3n) is 1.89. The highest BCUT2D eigenvalue weighted by Crippen LogP contribution is 2.17. The van der Waals surface area contributed by atoms with Crippen molar-refractivity contribution in [2.75, 3.05) is 13.6 Å². The third kappa shape index (κ3) is 3.60. The van der Waals surface area contributed by atoms with Gasteiger partial charge in [0.25, 0.3) is 10.0 Å². The van der Waals surface area contributed by atoms with Crippen LogP contribution in [0.5, 0.6) is 0 Å². The standard InChI is InChI=1S/C8H13BrN2O3S/c1-6(10-2)5-11-15(12,13)8-4-3-7(9)14-8/h3-4,6,10-11H,5H2,1-2H3. The molecule has 15 heavy (non-hydrogen) atoms. The lowest BCUT2D eigenvalue weighted by atomic mass is 10.4. The van der Waals surface area contributed by atoms with Crippen molar-refractivity contribution in [1.29, 1.82) is 0 Å². The van der Waals surface area contributed by atoms with E-state index in [1.807, 2.05) is 6.92 Å². The lowest BCUT2D eigenvalue weighted by Gasteiger charge is -2.10. The molecule has 0 aliphatic heterocycles. The summed E-state index contributed by atoms with van der Waals surface area (Å²) < 4.78 is 31.0. The zero-order chi connectivity index (χ0) is 11.5. The van der Waals surface area contributed by atoms with Crippen LogP contribution in [0.15, 0.2) is 26.3 Å². The van der Waals surface area contributed by atoms with Crippen LogP contribution in [0.3, 0.4) is 0 Å². The lowest BCUT2D eigenvalue weighted by molar-refractivity contribution is 0.426. The zero-order valence-corrected chi connectivity index (χ0v) is 10.9. The fourth-order valence-electron chi connectivity index (χ4n) is 0.850. The van der Waals surface area contributed by atoms with E-state index in [9.17, 15) is 8.42 Å². The molecule has 86 valence electrons.